The largest absolute Gasteiger partial charge is 0.457 e. The zero-order chi connectivity index (χ0) is 20.1. The molecular weight excluding hydrogens is 366 g/mol. The summed E-state index contributed by atoms with van der Waals surface area (Å²) in [7, 11) is 0. The zero-order valence-corrected chi connectivity index (χ0v) is 15.6. The van der Waals surface area contributed by atoms with Gasteiger partial charge < -0.3 is 14.5 Å². The Morgan fingerprint density at radius 3 is 1.90 bits per heavy atom. The quantitative estimate of drug-likeness (QED) is 0.480. The van der Waals surface area contributed by atoms with E-state index < -0.39 is 11.9 Å². The average molecular weight is 385 g/mol. The molecule has 0 aliphatic rings. The molecule has 0 radical (unpaired) electrons. The lowest BCUT2D eigenvalue weighted by atomic mass is 10.1. The molecule has 4 aromatic rings. The lowest BCUT2D eigenvalue weighted by Gasteiger charge is -2.05. The predicted octanol–water partition coefficient (Wildman–Crippen LogP) is 4.88. The van der Waals surface area contributed by atoms with Crippen LogP contribution in [0.2, 0.25) is 0 Å². The van der Waals surface area contributed by atoms with E-state index in [0.717, 1.165) is 16.5 Å². The van der Waals surface area contributed by atoms with Gasteiger partial charge in [0.05, 0.1) is 5.56 Å². The van der Waals surface area contributed by atoms with Crippen LogP contribution >= 0.6 is 0 Å². The molecule has 144 valence electrons. The van der Waals surface area contributed by atoms with E-state index in [4.69, 9.17) is 9.47 Å². The molecule has 4 rings (SSSR count). The van der Waals surface area contributed by atoms with Crippen LogP contribution in [0.3, 0.4) is 0 Å². The minimum absolute atomic E-state index is 0.200. The second-order valence-electron chi connectivity index (χ2n) is 6.61. The zero-order valence-electron chi connectivity index (χ0n) is 15.6. The molecule has 0 atom stereocenters. The second kappa shape index (κ2) is 8.44. The Morgan fingerprint density at radius 1 is 0.690 bits per heavy atom. The first kappa shape index (κ1) is 18.5. The maximum Gasteiger partial charge on any atom is 0.355 e. The second-order valence-corrected chi connectivity index (χ2v) is 6.61. The number of hydrogen-bond acceptors (Lipinski definition) is 4. The van der Waals surface area contributed by atoms with Crippen LogP contribution < -0.4 is 0 Å². The summed E-state index contributed by atoms with van der Waals surface area (Å²) in [5.41, 5.74) is 3.27. The standard InChI is InChI=1S/C24H19NO4/c26-23(28-15-17-7-3-1-4-8-17)20-12-11-19-13-22(25-21(19)14-20)24(27)29-16-18-9-5-2-6-10-18/h1-14,25H,15-16H2. The first-order valence-electron chi connectivity index (χ1n) is 9.24. The fourth-order valence-electron chi connectivity index (χ4n) is 2.97. The van der Waals surface area contributed by atoms with Gasteiger partial charge in [-0.1, -0.05) is 66.7 Å². The van der Waals surface area contributed by atoms with Gasteiger partial charge in [-0.3, -0.25) is 0 Å². The van der Waals surface area contributed by atoms with Gasteiger partial charge in [-0.05, 0) is 29.3 Å². The molecule has 0 unspecified atom stereocenters. The van der Waals surface area contributed by atoms with Crippen molar-refractivity contribution in [3.63, 3.8) is 0 Å². The minimum Gasteiger partial charge on any atom is -0.457 e. The summed E-state index contributed by atoms with van der Waals surface area (Å²) in [4.78, 5) is 27.7. The van der Waals surface area contributed by atoms with Gasteiger partial charge >= 0.3 is 11.9 Å². The molecule has 5 heteroatoms. The summed E-state index contributed by atoms with van der Waals surface area (Å²) in [6, 6.07) is 25.8. The molecule has 1 aromatic heterocycles. The Bertz CT molecular complexity index is 1080. The highest BCUT2D eigenvalue weighted by atomic mass is 16.5. The van der Waals surface area contributed by atoms with Crippen molar-refractivity contribution >= 4 is 22.8 Å². The molecule has 0 bridgehead atoms. The highest BCUT2D eigenvalue weighted by Gasteiger charge is 2.14. The van der Waals surface area contributed by atoms with Gasteiger partial charge in [0.1, 0.15) is 18.9 Å². The van der Waals surface area contributed by atoms with Crippen molar-refractivity contribution in [2.24, 2.45) is 0 Å². The number of carbonyl (C=O) groups excluding carboxylic acids is 2. The first-order chi connectivity index (χ1) is 14.2. The molecule has 0 amide bonds. The number of aromatic amines is 1. The van der Waals surface area contributed by atoms with Gasteiger partial charge in [-0.2, -0.15) is 0 Å². The number of benzene rings is 3. The SMILES string of the molecule is O=C(OCc1ccccc1)c1ccc2cc(C(=O)OCc3ccccc3)[nH]c2c1. The molecule has 1 heterocycles. The van der Waals surface area contributed by atoms with Crippen molar-refractivity contribution in [2.75, 3.05) is 0 Å². The Morgan fingerprint density at radius 2 is 1.28 bits per heavy atom. The average Bonchev–Trinajstić information content (AvgIpc) is 3.21. The third kappa shape index (κ3) is 4.52. The van der Waals surface area contributed by atoms with Crippen LogP contribution in [-0.2, 0) is 22.7 Å². The molecule has 1 N–H and O–H groups in total. The van der Waals surface area contributed by atoms with Crippen molar-refractivity contribution < 1.29 is 19.1 Å². The summed E-state index contributed by atoms with van der Waals surface area (Å²) in [6.07, 6.45) is 0. The number of nitrogens with one attached hydrogen (secondary N) is 1. The lowest BCUT2D eigenvalue weighted by Crippen LogP contribution is -2.05. The van der Waals surface area contributed by atoms with Crippen molar-refractivity contribution in [1.29, 1.82) is 0 Å². The van der Waals surface area contributed by atoms with E-state index in [-0.39, 0.29) is 13.2 Å². The monoisotopic (exact) mass is 385 g/mol. The molecule has 0 aliphatic heterocycles. The van der Waals surface area contributed by atoms with Crippen molar-refractivity contribution in [3.8, 4) is 0 Å². The fraction of sp³-hybridized carbons (Fsp3) is 0.0833. The van der Waals surface area contributed by atoms with E-state index in [2.05, 4.69) is 4.98 Å². The summed E-state index contributed by atoms with van der Waals surface area (Å²) in [5, 5.41) is 0.816. The van der Waals surface area contributed by atoms with E-state index >= 15 is 0 Å². The van der Waals surface area contributed by atoms with Crippen molar-refractivity contribution in [1.82, 2.24) is 4.98 Å². The normalized spacial score (nSPS) is 10.6. The Balaban J connectivity index is 1.43. The van der Waals surface area contributed by atoms with Crippen LogP contribution in [0.4, 0.5) is 0 Å². The topological polar surface area (TPSA) is 68.4 Å². The Labute approximate surface area is 167 Å². The summed E-state index contributed by atoms with van der Waals surface area (Å²) in [5.74, 6) is -0.864. The number of esters is 2. The van der Waals surface area contributed by atoms with E-state index in [9.17, 15) is 9.59 Å². The smallest absolute Gasteiger partial charge is 0.355 e. The number of aromatic nitrogens is 1. The van der Waals surface area contributed by atoms with E-state index in [0.29, 0.717) is 16.8 Å². The van der Waals surface area contributed by atoms with Gasteiger partial charge in [-0.25, -0.2) is 9.59 Å². The van der Waals surface area contributed by atoms with E-state index in [1.807, 2.05) is 60.7 Å². The minimum atomic E-state index is -0.446. The number of ether oxygens (including phenoxy) is 2. The molecular formula is C24H19NO4. The van der Waals surface area contributed by atoms with Gasteiger partial charge in [0, 0.05) is 10.9 Å². The molecule has 29 heavy (non-hydrogen) atoms. The maximum absolute atomic E-state index is 12.3. The van der Waals surface area contributed by atoms with Gasteiger partial charge in [-0.15, -0.1) is 0 Å². The number of carbonyl (C=O) groups is 2. The number of rotatable bonds is 6. The maximum atomic E-state index is 12.3. The Kier molecular flexibility index (Phi) is 5.38. The van der Waals surface area contributed by atoms with Crippen LogP contribution in [0.1, 0.15) is 32.0 Å². The van der Waals surface area contributed by atoms with Gasteiger partial charge in [0.25, 0.3) is 0 Å². The molecule has 0 spiro atoms. The van der Waals surface area contributed by atoms with Gasteiger partial charge in [0.15, 0.2) is 0 Å². The summed E-state index contributed by atoms with van der Waals surface area (Å²) in [6.45, 7) is 0.408. The third-order valence-electron chi connectivity index (χ3n) is 4.50. The number of hydrogen-bond donors (Lipinski definition) is 1. The lowest BCUT2D eigenvalue weighted by molar-refractivity contribution is 0.0461. The van der Waals surface area contributed by atoms with Crippen LogP contribution in [0.25, 0.3) is 10.9 Å². The molecule has 3 aromatic carbocycles. The van der Waals surface area contributed by atoms with E-state index in [1.165, 1.54) is 0 Å². The van der Waals surface area contributed by atoms with Crippen LogP contribution in [0.5, 0.6) is 0 Å². The molecule has 0 saturated carbocycles. The van der Waals surface area contributed by atoms with Crippen LogP contribution in [0.15, 0.2) is 84.9 Å². The molecule has 0 saturated heterocycles. The van der Waals surface area contributed by atoms with Crippen LogP contribution in [0, 0.1) is 0 Å². The fourth-order valence-corrected chi connectivity index (χ4v) is 2.97. The number of fused-ring (bicyclic) bond motifs is 1. The van der Waals surface area contributed by atoms with Crippen LogP contribution in [-0.4, -0.2) is 16.9 Å². The van der Waals surface area contributed by atoms with E-state index in [1.54, 1.807) is 24.3 Å². The summed E-state index contributed by atoms with van der Waals surface area (Å²) < 4.78 is 10.7. The molecule has 0 aliphatic carbocycles. The van der Waals surface area contributed by atoms with Crippen molar-refractivity contribution in [2.45, 2.75) is 13.2 Å². The Hall–Kier alpha value is -3.86. The predicted molar refractivity (Wildman–Crippen MR) is 109 cm³/mol. The first-order valence-corrected chi connectivity index (χ1v) is 9.24. The highest BCUT2D eigenvalue weighted by Crippen LogP contribution is 2.19. The molecule has 0 fully saturated rings. The van der Waals surface area contributed by atoms with Crippen molar-refractivity contribution in [3.05, 3.63) is 107 Å². The highest BCUT2D eigenvalue weighted by molar-refractivity contribution is 5.98. The molecule has 5 nitrogen and oxygen atoms in total. The third-order valence-corrected chi connectivity index (χ3v) is 4.50. The van der Waals surface area contributed by atoms with Gasteiger partial charge in [0.2, 0.25) is 0 Å². The number of H-pyrrole nitrogens is 1. The summed E-state index contributed by atoms with van der Waals surface area (Å²) >= 11 is 0.